The molecule has 0 aromatic heterocycles. The zero-order valence-electron chi connectivity index (χ0n) is 10.8. The third kappa shape index (κ3) is 2.88. The summed E-state index contributed by atoms with van der Waals surface area (Å²) in [5.74, 6) is -0.203. The highest BCUT2D eigenvalue weighted by Crippen LogP contribution is 2.29. The van der Waals surface area contributed by atoms with Gasteiger partial charge in [-0.15, -0.1) is 0 Å². The largest absolute Gasteiger partial charge is 0.390 e. The van der Waals surface area contributed by atoms with Crippen LogP contribution in [-0.2, 0) is 0 Å². The van der Waals surface area contributed by atoms with Gasteiger partial charge < -0.3 is 10.8 Å². The van der Waals surface area contributed by atoms with Gasteiger partial charge in [0, 0.05) is 31.2 Å². The van der Waals surface area contributed by atoms with Gasteiger partial charge in [-0.2, -0.15) is 0 Å². The van der Waals surface area contributed by atoms with E-state index in [-0.39, 0.29) is 11.9 Å². The minimum absolute atomic E-state index is 0.0951. The number of rotatable bonds is 3. The molecule has 1 atom stereocenters. The first kappa shape index (κ1) is 13.5. The Balaban J connectivity index is 2.13. The van der Waals surface area contributed by atoms with Crippen LogP contribution in [0.3, 0.4) is 0 Å². The van der Waals surface area contributed by atoms with Gasteiger partial charge in [-0.25, -0.2) is 4.39 Å². The molecular weight excluding hydrogens is 231 g/mol. The first-order chi connectivity index (χ1) is 8.53. The zero-order chi connectivity index (χ0) is 13.2. The Morgan fingerprint density at radius 1 is 1.39 bits per heavy atom. The summed E-state index contributed by atoms with van der Waals surface area (Å²) < 4.78 is 13.8. The second-order valence-electron chi connectivity index (χ2n) is 5.31. The molecule has 18 heavy (non-hydrogen) atoms. The van der Waals surface area contributed by atoms with Gasteiger partial charge >= 0.3 is 0 Å². The lowest BCUT2D eigenvalue weighted by Crippen LogP contribution is -2.45. The van der Waals surface area contributed by atoms with E-state index >= 15 is 0 Å². The minimum Gasteiger partial charge on any atom is -0.390 e. The average Bonchev–Trinajstić information content (AvgIpc) is 2.34. The SMILES string of the molecule is CC1(O)CCN(C(CN)c2ccccc2F)CC1. The summed E-state index contributed by atoms with van der Waals surface area (Å²) in [4.78, 5) is 2.16. The number of halogens is 1. The molecule has 1 fully saturated rings. The molecule has 0 saturated carbocycles. The van der Waals surface area contributed by atoms with Crippen LogP contribution >= 0.6 is 0 Å². The van der Waals surface area contributed by atoms with Gasteiger partial charge in [-0.05, 0) is 25.8 Å². The van der Waals surface area contributed by atoms with Crippen molar-refractivity contribution < 1.29 is 9.50 Å². The monoisotopic (exact) mass is 252 g/mol. The fourth-order valence-electron chi connectivity index (χ4n) is 2.54. The molecule has 4 heteroatoms. The van der Waals surface area contributed by atoms with E-state index in [1.807, 2.05) is 13.0 Å². The Hall–Kier alpha value is -0.970. The maximum absolute atomic E-state index is 13.8. The van der Waals surface area contributed by atoms with Crippen LogP contribution in [0.15, 0.2) is 24.3 Å². The van der Waals surface area contributed by atoms with Crippen molar-refractivity contribution in [3.05, 3.63) is 35.6 Å². The van der Waals surface area contributed by atoms with E-state index in [0.29, 0.717) is 24.9 Å². The van der Waals surface area contributed by atoms with Gasteiger partial charge in [-0.3, -0.25) is 4.90 Å². The van der Waals surface area contributed by atoms with Crippen molar-refractivity contribution in [1.82, 2.24) is 4.90 Å². The Kier molecular flexibility index (Phi) is 4.00. The minimum atomic E-state index is -0.592. The van der Waals surface area contributed by atoms with E-state index in [0.717, 1.165) is 13.1 Å². The molecule has 1 aliphatic heterocycles. The van der Waals surface area contributed by atoms with E-state index in [2.05, 4.69) is 4.90 Å². The van der Waals surface area contributed by atoms with Crippen molar-refractivity contribution >= 4 is 0 Å². The van der Waals surface area contributed by atoms with E-state index in [1.54, 1.807) is 12.1 Å². The molecule has 0 aliphatic carbocycles. The smallest absolute Gasteiger partial charge is 0.128 e. The molecule has 1 aliphatic rings. The fraction of sp³-hybridized carbons (Fsp3) is 0.571. The number of aliphatic hydroxyl groups is 1. The molecule has 1 aromatic rings. The summed E-state index contributed by atoms with van der Waals surface area (Å²) in [6.07, 6.45) is 1.41. The van der Waals surface area contributed by atoms with Gasteiger partial charge in [0.15, 0.2) is 0 Å². The lowest BCUT2D eigenvalue weighted by Gasteiger charge is -2.40. The molecule has 0 amide bonds. The number of hydrogen-bond acceptors (Lipinski definition) is 3. The first-order valence-electron chi connectivity index (χ1n) is 6.44. The molecule has 0 spiro atoms. The first-order valence-corrected chi connectivity index (χ1v) is 6.44. The summed E-state index contributed by atoms with van der Waals surface area (Å²) >= 11 is 0. The summed E-state index contributed by atoms with van der Waals surface area (Å²) in [6.45, 7) is 3.75. The second-order valence-corrected chi connectivity index (χ2v) is 5.31. The molecule has 0 radical (unpaired) electrons. The van der Waals surface area contributed by atoms with Crippen molar-refractivity contribution in [3.8, 4) is 0 Å². The fourth-order valence-corrected chi connectivity index (χ4v) is 2.54. The van der Waals surface area contributed by atoms with E-state index in [1.165, 1.54) is 6.07 Å². The van der Waals surface area contributed by atoms with Crippen LogP contribution in [0.2, 0.25) is 0 Å². The normalized spacial score (nSPS) is 21.8. The molecule has 0 bridgehead atoms. The maximum atomic E-state index is 13.8. The highest BCUT2D eigenvalue weighted by Gasteiger charge is 2.31. The predicted molar refractivity (Wildman–Crippen MR) is 69.6 cm³/mol. The van der Waals surface area contributed by atoms with E-state index < -0.39 is 5.60 Å². The lowest BCUT2D eigenvalue weighted by atomic mass is 9.91. The van der Waals surface area contributed by atoms with Crippen molar-refractivity contribution in [3.63, 3.8) is 0 Å². The van der Waals surface area contributed by atoms with Crippen molar-refractivity contribution in [2.45, 2.75) is 31.4 Å². The predicted octanol–water partition coefficient (Wildman–Crippen LogP) is 1.67. The number of benzene rings is 1. The van der Waals surface area contributed by atoms with Gasteiger partial charge in [0.05, 0.1) is 5.60 Å². The Morgan fingerprint density at radius 3 is 2.56 bits per heavy atom. The van der Waals surface area contributed by atoms with Crippen LogP contribution in [0.25, 0.3) is 0 Å². The number of nitrogens with two attached hydrogens (primary N) is 1. The lowest BCUT2D eigenvalue weighted by molar-refractivity contribution is -0.0163. The molecule has 100 valence electrons. The van der Waals surface area contributed by atoms with Crippen LogP contribution in [0.1, 0.15) is 31.4 Å². The number of likely N-dealkylation sites (tertiary alicyclic amines) is 1. The number of hydrogen-bond donors (Lipinski definition) is 2. The number of nitrogens with zero attached hydrogens (tertiary/aromatic N) is 1. The topological polar surface area (TPSA) is 49.5 Å². The molecule has 1 unspecified atom stereocenters. The third-order valence-corrected chi connectivity index (χ3v) is 3.80. The van der Waals surface area contributed by atoms with Gasteiger partial charge in [0.25, 0.3) is 0 Å². The van der Waals surface area contributed by atoms with Crippen LogP contribution in [0, 0.1) is 5.82 Å². The van der Waals surface area contributed by atoms with Crippen LogP contribution in [0.5, 0.6) is 0 Å². The Labute approximate surface area is 107 Å². The summed E-state index contributed by atoms with van der Waals surface area (Å²) in [5.41, 5.74) is 5.86. The van der Waals surface area contributed by atoms with Gasteiger partial charge in [0.1, 0.15) is 5.82 Å². The standard InChI is InChI=1S/C14H21FN2O/c1-14(18)6-8-17(9-7-14)13(10-16)11-4-2-3-5-12(11)15/h2-5,13,18H,6-10,16H2,1H3. The molecule has 1 heterocycles. The molecule has 1 aromatic carbocycles. The third-order valence-electron chi connectivity index (χ3n) is 3.80. The molecule has 3 nitrogen and oxygen atoms in total. The van der Waals surface area contributed by atoms with Gasteiger partial charge in [0.2, 0.25) is 0 Å². The van der Waals surface area contributed by atoms with Crippen LogP contribution in [-0.4, -0.2) is 35.2 Å². The van der Waals surface area contributed by atoms with Crippen molar-refractivity contribution in [2.75, 3.05) is 19.6 Å². The summed E-state index contributed by atoms with van der Waals surface area (Å²) in [5, 5.41) is 9.94. The molecule has 1 saturated heterocycles. The highest BCUT2D eigenvalue weighted by molar-refractivity contribution is 5.22. The summed E-state index contributed by atoms with van der Waals surface area (Å²) in [7, 11) is 0. The maximum Gasteiger partial charge on any atom is 0.128 e. The second kappa shape index (κ2) is 5.34. The highest BCUT2D eigenvalue weighted by atomic mass is 19.1. The number of piperidine rings is 1. The van der Waals surface area contributed by atoms with Crippen LogP contribution in [0.4, 0.5) is 4.39 Å². The quantitative estimate of drug-likeness (QED) is 0.860. The Bertz CT molecular complexity index is 399. The summed E-state index contributed by atoms with van der Waals surface area (Å²) in [6, 6.07) is 6.69. The molecule has 3 N–H and O–H groups in total. The van der Waals surface area contributed by atoms with Crippen LogP contribution < -0.4 is 5.73 Å². The molecule has 2 rings (SSSR count). The zero-order valence-corrected chi connectivity index (χ0v) is 10.8. The van der Waals surface area contributed by atoms with Crippen molar-refractivity contribution in [2.24, 2.45) is 5.73 Å². The van der Waals surface area contributed by atoms with Crippen molar-refractivity contribution in [1.29, 1.82) is 0 Å². The van der Waals surface area contributed by atoms with E-state index in [9.17, 15) is 9.50 Å². The van der Waals surface area contributed by atoms with Gasteiger partial charge in [-0.1, -0.05) is 18.2 Å². The van der Waals surface area contributed by atoms with E-state index in [4.69, 9.17) is 5.73 Å². The Morgan fingerprint density at radius 2 is 2.00 bits per heavy atom. The average molecular weight is 252 g/mol. The molecular formula is C14H21FN2O.